The molecule has 47 heavy (non-hydrogen) atoms. The van der Waals surface area contributed by atoms with E-state index in [0.29, 0.717) is 28.2 Å². The number of benzene rings is 3. The first-order chi connectivity index (χ1) is 21.7. The Labute approximate surface area is 280 Å². The van der Waals surface area contributed by atoms with Crippen LogP contribution in [0.1, 0.15) is 22.5 Å². The predicted octanol–water partition coefficient (Wildman–Crippen LogP) is 3.16. The average Bonchev–Trinajstić information content (AvgIpc) is 3.36. The zero-order valence-electron chi connectivity index (χ0n) is 25.8. The molecule has 0 aliphatic heterocycles. The van der Waals surface area contributed by atoms with E-state index in [1.807, 2.05) is 67.6 Å². The van der Waals surface area contributed by atoms with Gasteiger partial charge in [0.2, 0.25) is 0 Å². The maximum Gasteiger partial charge on any atom is 2.00 e. The summed E-state index contributed by atoms with van der Waals surface area (Å²) in [5.41, 5.74) is 3.69. The summed E-state index contributed by atoms with van der Waals surface area (Å²) in [6.07, 6.45) is 2.96. The van der Waals surface area contributed by atoms with Gasteiger partial charge in [-0.3, -0.25) is 27.4 Å². The van der Waals surface area contributed by atoms with E-state index in [0.717, 1.165) is 11.4 Å². The Morgan fingerprint density at radius 1 is 0.766 bits per heavy atom. The van der Waals surface area contributed by atoms with Crippen molar-refractivity contribution < 1.29 is 44.4 Å². The Kier molecular flexibility index (Phi) is 11.7. The van der Waals surface area contributed by atoms with Crippen molar-refractivity contribution in [1.82, 2.24) is 18.7 Å². The largest absolute Gasteiger partial charge is 2.00 e. The van der Waals surface area contributed by atoms with Crippen LogP contribution in [0.25, 0.3) is 11.4 Å². The summed E-state index contributed by atoms with van der Waals surface area (Å²) in [5, 5.41) is 10.8. The maximum absolute atomic E-state index is 13.2. The van der Waals surface area contributed by atoms with E-state index in [9.17, 15) is 14.7 Å². The molecule has 2 aromatic heterocycles. The van der Waals surface area contributed by atoms with Crippen molar-refractivity contribution in [1.29, 1.82) is 0 Å². The van der Waals surface area contributed by atoms with Crippen molar-refractivity contribution in [2.24, 2.45) is 24.1 Å². The maximum atomic E-state index is 13.2. The van der Waals surface area contributed by atoms with Crippen LogP contribution in [0.3, 0.4) is 0 Å². The number of hydrogen-bond acceptors (Lipinski definition) is 10. The molecule has 1 N–H and O–H groups in total. The normalized spacial score (nSPS) is 11.4. The number of aromatic nitrogens is 4. The Morgan fingerprint density at radius 3 is 1.57 bits per heavy atom. The first kappa shape index (κ1) is 36.5. The second-order valence-corrected chi connectivity index (χ2v) is 10.7. The minimum Gasteiger partial charge on any atom is -0.759 e. The molecule has 0 saturated carbocycles. The molecule has 0 aliphatic rings. The van der Waals surface area contributed by atoms with Gasteiger partial charge in [0.05, 0.1) is 29.9 Å². The molecule has 0 unspecified atom stereocenters. The first-order valence-electron chi connectivity index (χ1n) is 13.6. The van der Waals surface area contributed by atoms with E-state index >= 15 is 0 Å². The van der Waals surface area contributed by atoms with E-state index in [1.165, 1.54) is 24.2 Å². The van der Waals surface area contributed by atoms with Crippen LogP contribution in [0, 0.1) is 13.8 Å². The number of aromatic hydroxyl groups is 1. The zero-order chi connectivity index (χ0) is 33.8. The van der Waals surface area contributed by atoms with E-state index in [4.69, 9.17) is 22.3 Å². The van der Waals surface area contributed by atoms with E-state index in [1.54, 1.807) is 47.2 Å². The SMILES string of the molecule is COc1cc(C=Nc2c(C)n(C)n(-c3ccccc3)c2=O)cc(C=Nc2c(C)n(C)n(-c3ccccc3)c2=O)c1O.O=S(=O)([O-])[O-].[Cu+2]. The Morgan fingerprint density at radius 2 is 1.17 bits per heavy atom. The zero-order valence-corrected chi connectivity index (χ0v) is 27.5. The molecule has 249 valence electrons. The van der Waals surface area contributed by atoms with Crippen molar-refractivity contribution in [3.8, 4) is 22.9 Å². The van der Waals surface area contributed by atoms with E-state index in [2.05, 4.69) is 9.98 Å². The topological polar surface area (TPSA) is 188 Å². The Bertz CT molecular complexity index is 2160. The van der Waals surface area contributed by atoms with Crippen molar-refractivity contribution in [3.05, 3.63) is 116 Å². The van der Waals surface area contributed by atoms with Gasteiger partial charge in [0.1, 0.15) is 0 Å². The minimum absolute atomic E-state index is 0. The summed E-state index contributed by atoms with van der Waals surface area (Å²) < 4.78 is 46.0. The molecule has 14 nitrogen and oxygen atoms in total. The van der Waals surface area contributed by atoms with E-state index < -0.39 is 10.4 Å². The molecule has 0 bridgehead atoms. The molecular weight excluding hydrogens is 680 g/mol. The number of ether oxygens (including phenoxy) is 1. The number of phenols is 1. The summed E-state index contributed by atoms with van der Waals surface area (Å²) in [7, 11) is -0.132. The summed E-state index contributed by atoms with van der Waals surface area (Å²) in [6.45, 7) is 3.63. The average molecular weight is 710 g/mol. The number of hydrogen-bond donors (Lipinski definition) is 1. The third kappa shape index (κ3) is 8.24. The van der Waals surface area contributed by atoms with Crippen molar-refractivity contribution >= 4 is 34.2 Å². The fourth-order valence-electron chi connectivity index (χ4n) is 4.66. The van der Waals surface area contributed by atoms with Crippen LogP contribution in [0.4, 0.5) is 11.4 Å². The van der Waals surface area contributed by atoms with Crippen molar-refractivity contribution in [3.63, 3.8) is 0 Å². The predicted molar refractivity (Wildman–Crippen MR) is 171 cm³/mol. The standard InChI is InChI=1S/C31H30N6O4.Cu.H2O4S/c1-20-27(30(39)36(34(20)3)24-12-8-6-9-13-24)32-18-22-16-23(29(38)26(17-22)41-5)19-33-28-21(2)35(4)37(31(28)40)25-14-10-7-11-15-25;;1-5(2,3)4/h6-19,38H,1-5H3;;(H2,1,2,3,4)/q;+2;/p-2. The van der Waals surface area contributed by atoms with Crippen LogP contribution < -0.4 is 15.9 Å². The van der Waals surface area contributed by atoms with Gasteiger partial charge in [-0.2, -0.15) is 0 Å². The van der Waals surface area contributed by atoms with Gasteiger partial charge in [0.25, 0.3) is 11.1 Å². The van der Waals surface area contributed by atoms with Crippen LogP contribution in [-0.2, 0) is 41.6 Å². The van der Waals surface area contributed by atoms with Gasteiger partial charge in [-0.1, -0.05) is 36.4 Å². The molecule has 0 aliphatic carbocycles. The van der Waals surface area contributed by atoms with E-state index in [-0.39, 0.29) is 45.4 Å². The molecule has 0 atom stereocenters. The number of para-hydroxylation sites is 2. The van der Waals surface area contributed by atoms with Gasteiger partial charge in [-0.15, -0.1) is 0 Å². The number of phenolic OH excluding ortho intramolecular Hbond substituents is 1. The number of nitrogens with zero attached hydrogens (tertiary/aromatic N) is 6. The molecule has 0 amide bonds. The molecule has 0 spiro atoms. The number of rotatable bonds is 7. The van der Waals surface area contributed by atoms with Gasteiger partial charge >= 0.3 is 17.1 Å². The Hall–Kier alpha value is -4.99. The van der Waals surface area contributed by atoms with Gasteiger partial charge in [0.15, 0.2) is 22.9 Å². The quantitative estimate of drug-likeness (QED) is 0.115. The summed E-state index contributed by atoms with van der Waals surface area (Å²) >= 11 is 0. The van der Waals surface area contributed by atoms with Crippen LogP contribution in [0.5, 0.6) is 11.5 Å². The molecule has 5 aromatic rings. The van der Waals surface area contributed by atoms with Crippen LogP contribution in [0.15, 0.2) is 92.4 Å². The molecule has 16 heteroatoms. The van der Waals surface area contributed by atoms with Crippen molar-refractivity contribution in [2.75, 3.05) is 7.11 Å². The van der Waals surface area contributed by atoms with Crippen LogP contribution in [-0.4, -0.2) is 60.9 Å². The smallest absolute Gasteiger partial charge is 0.759 e. The van der Waals surface area contributed by atoms with Crippen LogP contribution >= 0.6 is 0 Å². The van der Waals surface area contributed by atoms with Gasteiger partial charge in [-0.25, -0.2) is 19.3 Å². The first-order valence-corrected chi connectivity index (χ1v) is 14.9. The fourth-order valence-corrected chi connectivity index (χ4v) is 4.66. The molecule has 1 radical (unpaired) electrons. The third-order valence-corrected chi connectivity index (χ3v) is 7.07. The number of methoxy groups -OCH3 is 1. The second kappa shape index (κ2) is 15.1. The van der Waals surface area contributed by atoms with Gasteiger partial charge < -0.3 is 18.9 Å². The molecular formula is C31H30CuN6O8S. The second-order valence-electron chi connectivity index (χ2n) is 9.91. The van der Waals surface area contributed by atoms with Gasteiger partial charge in [0, 0.05) is 42.5 Å². The summed E-state index contributed by atoms with van der Waals surface area (Å²) in [4.78, 5) is 35.5. The third-order valence-electron chi connectivity index (χ3n) is 7.07. The summed E-state index contributed by atoms with van der Waals surface area (Å²) in [5.74, 6) is 0.0704. The number of aliphatic imine (C=N–C) groups is 2. The monoisotopic (exact) mass is 709 g/mol. The van der Waals surface area contributed by atoms with Crippen LogP contribution in [0.2, 0.25) is 0 Å². The molecule has 3 aromatic carbocycles. The molecule has 2 heterocycles. The Balaban J connectivity index is 0.000000930. The molecule has 5 rings (SSSR count). The molecule has 0 fully saturated rings. The fraction of sp³-hybridized carbons (Fsp3) is 0.161. The van der Waals surface area contributed by atoms with Crippen molar-refractivity contribution in [2.45, 2.75) is 13.8 Å². The van der Waals surface area contributed by atoms with Gasteiger partial charge in [-0.05, 0) is 55.8 Å². The minimum atomic E-state index is -5.17. The molecule has 0 saturated heterocycles. The summed E-state index contributed by atoms with van der Waals surface area (Å²) in [6, 6.07) is 21.9.